The molecule has 0 bridgehead atoms. The SMILES string of the molecule is COCCCCn1cc(C(C)NC2CC2)c2c1/C(C)=C(\C)CCC=C2. The highest BCUT2D eigenvalue weighted by Crippen LogP contribution is 2.35. The topological polar surface area (TPSA) is 26.2 Å². The normalized spacial score (nSPS) is 21.8. The Kier molecular flexibility index (Phi) is 6.19. The second-order valence-electron chi connectivity index (χ2n) is 7.75. The highest BCUT2D eigenvalue weighted by Gasteiger charge is 2.26. The Hall–Kier alpha value is -1.32. The molecule has 3 nitrogen and oxygen atoms in total. The van der Waals surface area contributed by atoms with E-state index >= 15 is 0 Å². The summed E-state index contributed by atoms with van der Waals surface area (Å²) in [5.41, 5.74) is 7.32. The van der Waals surface area contributed by atoms with Crippen LogP contribution in [-0.2, 0) is 11.3 Å². The maximum Gasteiger partial charge on any atom is 0.0512 e. The summed E-state index contributed by atoms with van der Waals surface area (Å²) < 4.78 is 7.72. The first-order valence-corrected chi connectivity index (χ1v) is 9.93. The summed E-state index contributed by atoms with van der Waals surface area (Å²) in [5.74, 6) is 0. The molecule has 2 aliphatic carbocycles. The van der Waals surface area contributed by atoms with Crippen LogP contribution >= 0.6 is 0 Å². The fraction of sp³-hybridized carbons (Fsp3) is 0.636. The average molecular weight is 343 g/mol. The summed E-state index contributed by atoms with van der Waals surface area (Å²) in [6, 6.07) is 1.14. The fourth-order valence-corrected chi connectivity index (χ4v) is 3.82. The number of allylic oxidation sites excluding steroid dienone is 3. The number of rotatable bonds is 8. The Bertz CT molecular complexity index is 649. The number of fused-ring (bicyclic) bond motifs is 1. The minimum absolute atomic E-state index is 0.415. The Morgan fingerprint density at radius 2 is 2.08 bits per heavy atom. The maximum atomic E-state index is 5.22. The molecule has 138 valence electrons. The molecule has 0 radical (unpaired) electrons. The lowest BCUT2D eigenvalue weighted by atomic mass is 9.94. The molecule has 1 heterocycles. The van der Waals surface area contributed by atoms with Crippen LogP contribution in [0.2, 0.25) is 0 Å². The number of aryl methyl sites for hydroxylation is 1. The van der Waals surface area contributed by atoms with Gasteiger partial charge in [0.1, 0.15) is 0 Å². The van der Waals surface area contributed by atoms with E-state index in [1.54, 1.807) is 7.11 Å². The van der Waals surface area contributed by atoms with Crippen LogP contribution in [-0.4, -0.2) is 24.3 Å². The lowest BCUT2D eigenvalue weighted by Crippen LogP contribution is -2.20. The zero-order valence-corrected chi connectivity index (χ0v) is 16.4. The minimum Gasteiger partial charge on any atom is -0.385 e. The van der Waals surface area contributed by atoms with Crippen molar-refractivity contribution in [3.8, 4) is 0 Å². The highest BCUT2D eigenvalue weighted by atomic mass is 16.5. The molecule has 2 aliphatic rings. The molecule has 0 aromatic carbocycles. The van der Waals surface area contributed by atoms with E-state index in [1.165, 1.54) is 47.2 Å². The predicted molar refractivity (Wildman–Crippen MR) is 107 cm³/mol. The van der Waals surface area contributed by atoms with Crippen LogP contribution in [0.5, 0.6) is 0 Å². The number of unbranched alkanes of at least 4 members (excludes halogenated alkanes) is 1. The van der Waals surface area contributed by atoms with Crippen molar-refractivity contribution in [2.24, 2.45) is 0 Å². The molecule has 0 saturated heterocycles. The summed E-state index contributed by atoms with van der Waals surface area (Å²) in [6.45, 7) is 8.85. The van der Waals surface area contributed by atoms with Gasteiger partial charge in [0.25, 0.3) is 0 Å². The third kappa shape index (κ3) is 4.45. The van der Waals surface area contributed by atoms with Crippen molar-refractivity contribution in [1.29, 1.82) is 0 Å². The summed E-state index contributed by atoms with van der Waals surface area (Å²) in [7, 11) is 1.79. The Morgan fingerprint density at radius 1 is 1.28 bits per heavy atom. The van der Waals surface area contributed by atoms with Gasteiger partial charge < -0.3 is 14.6 Å². The van der Waals surface area contributed by atoms with Crippen LogP contribution in [0, 0.1) is 0 Å². The fourth-order valence-electron chi connectivity index (χ4n) is 3.82. The number of methoxy groups -OCH3 is 1. The zero-order valence-electron chi connectivity index (χ0n) is 16.4. The van der Waals surface area contributed by atoms with Gasteiger partial charge in [-0.25, -0.2) is 0 Å². The lowest BCUT2D eigenvalue weighted by Gasteiger charge is -2.17. The molecule has 1 unspecified atom stereocenters. The molecule has 1 fully saturated rings. The second kappa shape index (κ2) is 8.37. The summed E-state index contributed by atoms with van der Waals surface area (Å²) in [5, 5.41) is 3.79. The number of aromatic nitrogens is 1. The van der Waals surface area contributed by atoms with Crippen molar-refractivity contribution in [3.63, 3.8) is 0 Å². The molecule has 1 aromatic rings. The molecule has 1 atom stereocenters. The van der Waals surface area contributed by atoms with Crippen molar-refractivity contribution in [2.45, 2.75) is 77.9 Å². The minimum atomic E-state index is 0.415. The van der Waals surface area contributed by atoms with Crippen molar-refractivity contribution in [2.75, 3.05) is 13.7 Å². The second-order valence-corrected chi connectivity index (χ2v) is 7.75. The van der Waals surface area contributed by atoms with Gasteiger partial charge in [-0.1, -0.05) is 17.7 Å². The van der Waals surface area contributed by atoms with Gasteiger partial charge in [-0.15, -0.1) is 0 Å². The Balaban J connectivity index is 1.94. The molecule has 1 saturated carbocycles. The van der Waals surface area contributed by atoms with E-state index in [-0.39, 0.29) is 0 Å². The van der Waals surface area contributed by atoms with Gasteiger partial charge in [0.15, 0.2) is 0 Å². The van der Waals surface area contributed by atoms with Gasteiger partial charge in [-0.3, -0.25) is 0 Å². The van der Waals surface area contributed by atoms with Gasteiger partial charge >= 0.3 is 0 Å². The van der Waals surface area contributed by atoms with Crippen molar-refractivity contribution >= 4 is 11.6 Å². The zero-order chi connectivity index (χ0) is 17.8. The number of nitrogens with one attached hydrogen (secondary N) is 1. The highest BCUT2D eigenvalue weighted by molar-refractivity contribution is 5.76. The third-order valence-electron chi connectivity index (χ3n) is 5.64. The van der Waals surface area contributed by atoms with E-state index in [0.29, 0.717) is 6.04 Å². The first-order chi connectivity index (χ1) is 12.1. The smallest absolute Gasteiger partial charge is 0.0512 e. The number of hydrogen-bond donors (Lipinski definition) is 1. The summed E-state index contributed by atoms with van der Waals surface area (Å²) in [6.07, 6.45) is 14.4. The molecule has 0 spiro atoms. The molecular formula is C22H34N2O. The first kappa shape index (κ1) is 18.5. The van der Waals surface area contributed by atoms with Crippen LogP contribution < -0.4 is 5.32 Å². The van der Waals surface area contributed by atoms with E-state index in [1.807, 2.05) is 0 Å². The van der Waals surface area contributed by atoms with Crippen molar-refractivity contribution < 1.29 is 4.74 Å². The van der Waals surface area contributed by atoms with Crippen LogP contribution in [0.3, 0.4) is 0 Å². The Morgan fingerprint density at radius 3 is 2.80 bits per heavy atom. The third-order valence-corrected chi connectivity index (χ3v) is 5.64. The van der Waals surface area contributed by atoms with E-state index in [9.17, 15) is 0 Å². The van der Waals surface area contributed by atoms with Crippen LogP contribution in [0.1, 0.15) is 82.2 Å². The molecule has 0 amide bonds. The molecular weight excluding hydrogens is 308 g/mol. The molecule has 1 N–H and O–H groups in total. The monoisotopic (exact) mass is 342 g/mol. The van der Waals surface area contributed by atoms with Gasteiger partial charge in [0, 0.05) is 44.1 Å². The largest absolute Gasteiger partial charge is 0.385 e. The van der Waals surface area contributed by atoms with E-state index in [2.05, 4.69) is 49.0 Å². The molecule has 3 heteroatoms. The maximum absolute atomic E-state index is 5.22. The molecule has 1 aromatic heterocycles. The van der Waals surface area contributed by atoms with E-state index in [4.69, 9.17) is 4.74 Å². The van der Waals surface area contributed by atoms with Gasteiger partial charge in [-0.2, -0.15) is 0 Å². The average Bonchev–Trinajstić information content (AvgIpc) is 3.33. The predicted octanol–water partition coefficient (Wildman–Crippen LogP) is 5.33. The number of nitrogens with zero attached hydrogens (tertiary/aromatic N) is 1. The lowest BCUT2D eigenvalue weighted by molar-refractivity contribution is 0.191. The standard InChI is InChI=1S/C22H34N2O/c1-16-9-5-6-10-20-21(18(3)23-19-11-12-19)15-24(22(20)17(16)2)13-7-8-14-25-4/h6,10,15,18-19,23H,5,7-9,11-14H2,1-4H3/b10-6?,17-16+. The van der Waals surface area contributed by atoms with E-state index in [0.717, 1.165) is 38.5 Å². The number of ether oxygens (including phenoxy) is 1. The van der Waals surface area contributed by atoms with Crippen LogP contribution in [0.25, 0.3) is 11.6 Å². The molecule has 25 heavy (non-hydrogen) atoms. The quantitative estimate of drug-likeness (QED) is 0.646. The van der Waals surface area contributed by atoms with Crippen molar-refractivity contribution in [3.05, 3.63) is 34.7 Å². The molecule has 3 rings (SSSR count). The number of hydrogen-bond acceptors (Lipinski definition) is 2. The van der Waals surface area contributed by atoms with Crippen LogP contribution in [0.15, 0.2) is 17.8 Å². The van der Waals surface area contributed by atoms with Gasteiger partial charge in [0.05, 0.1) is 5.69 Å². The summed E-state index contributed by atoms with van der Waals surface area (Å²) >= 11 is 0. The van der Waals surface area contributed by atoms with Crippen LogP contribution in [0.4, 0.5) is 0 Å². The Labute approximate surface area is 153 Å². The first-order valence-electron chi connectivity index (χ1n) is 9.93. The van der Waals surface area contributed by atoms with Gasteiger partial charge in [0.2, 0.25) is 0 Å². The summed E-state index contributed by atoms with van der Waals surface area (Å²) in [4.78, 5) is 0. The van der Waals surface area contributed by atoms with Gasteiger partial charge in [-0.05, 0) is 70.4 Å². The van der Waals surface area contributed by atoms with Crippen molar-refractivity contribution in [1.82, 2.24) is 9.88 Å². The molecule has 0 aliphatic heterocycles. The van der Waals surface area contributed by atoms with E-state index < -0.39 is 0 Å².